The van der Waals surface area contributed by atoms with Crippen molar-refractivity contribution in [2.75, 3.05) is 0 Å². The second kappa shape index (κ2) is 8.05. The van der Waals surface area contributed by atoms with Crippen LogP contribution in [0.25, 0.3) is 0 Å². The third kappa shape index (κ3) is 4.53. The molecule has 0 bridgehead atoms. The molecule has 0 aliphatic heterocycles. The van der Waals surface area contributed by atoms with E-state index in [0.29, 0.717) is 11.1 Å². The zero-order valence-electron chi connectivity index (χ0n) is 16.5. The monoisotopic (exact) mass is 363 g/mol. The van der Waals surface area contributed by atoms with Gasteiger partial charge < -0.3 is 0 Å². The molecule has 0 atom stereocenters. The van der Waals surface area contributed by atoms with Crippen LogP contribution in [0.3, 0.4) is 0 Å². The summed E-state index contributed by atoms with van der Waals surface area (Å²) in [6.07, 6.45) is 2.68. The van der Waals surface area contributed by atoms with Crippen LogP contribution in [-0.2, 0) is 6.42 Å². The fourth-order valence-corrected chi connectivity index (χ4v) is 2.74. The number of carbonyl (C=O) groups excluding carboxylic acids is 2. The Labute approximate surface area is 160 Å². The third-order valence-electron chi connectivity index (χ3n) is 4.20. The van der Waals surface area contributed by atoms with Crippen molar-refractivity contribution >= 4 is 11.8 Å². The lowest BCUT2D eigenvalue weighted by Crippen LogP contribution is -2.56. The number of aryl methyl sites for hydroxylation is 2. The van der Waals surface area contributed by atoms with E-state index in [2.05, 4.69) is 0 Å². The second-order valence-corrected chi connectivity index (χ2v) is 7.42. The van der Waals surface area contributed by atoms with Crippen LogP contribution < -0.4 is 0 Å². The van der Waals surface area contributed by atoms with Crippen molar-refractivity contribution in [1.82, 2.24) is 10.0 Å². The minimum absolute atomic E-state index is 0.353. The highest BCUT2D eigenvalue weighted by atomic mass is 16.2. The van der Waals surface area contributed by atoms with Gasteiger partial charge in [-0.05, 0) is 63.9 Å². The summed E-state index contributed by atoms with van der Waals surface area (Å²) in [4.78, 5) is 26.2. The Balaban J connectivity index is 2.47. The fourth-order valence-electron chi connectivity index (χ4n) is 2.74. The molecule has 140 valence electrons. The molecule has 5 heteroatoms. The SMILES string of the molecule is CCc1cccc(C(=O)N(N(C#N)C(=O)c2ccc(C)cc2)C(C)(C)C)c1. The van der Waals surface area contributed by atoms with E-state index < -0.39 is 11.4 Å². The lowest BCUT2D eigenvalue weighted by molar-refractivity contribution is -0.0167. The van der Waals surface area contributed by atoms with Crippen LogP contribution in [0.4, 0.5) is 0 Å². The molecular weight excluding hydrogens is 338 g/mol. The second-order valence-electron chi connectivity index (χ2n) is 7.42. The number of hydrogen-bond donors (Lipinski definition) is 0. The molecule has 0 aliphatic carbocycles. The Kier molecular flexibility index (Phi) is 6.02. The highest BCUT2D eigenvalue weighted by molar-refractivity contribution is 6.00. The normalized spacial score (nSPS) is 10.8. The number of nitriles is 1. The van der Waals surface area contributed by atoms with Gasteiger partial charge >= 0.3 is 0 Å². The Hall–Kier alpha value is -3.13. The van der Waals surface area contributed by atoms with E-state index in [0.717, 1.165) is 22.6 Å². The van der Waals surface area contributed by atoms with Gasteiger partial charge in [0, 0.05) is 11.1 Å². The molecule has 0 aromatic heterocycles. The zero-order valence-corrected chi connectivity index (χ0v) is 16.5. The van der Waals surface area contributed by atoms with Gasteiger partial charge in [-0.2, -0.15) is 5.26 Å². The fraction of sp³-hybridized carbons (Fsp3) is 0.318. The van der Waals surface area contributed by atoms with Crippen LogP contribution in [0, 0.1) is 18.4 Å². The number of benzene rings is 2. The molecule has 27 heavy (non-hydrogen) atoms. The Morgan fingerprint density at radius 2 is 1.63 bits per heavy atom. The maximum Gasteiger partial charge on any atom is 0.286 e. The Morgan fingerprint density at radius 3 is 2.15 bits per heavy atom. The first-order chi connectivity index (χ1) is 12.7. The summed E-state index contributed by atoms with van der Waals surface area (Å²) in [5.41, 5.74) is 2.06. The van der Waals surface area contributed by atoms with Gasteiger partial charge in [-0.15, -0.1) is 5.01 Å². The van der Waals surface area contributed by atoms with E-state index in [4.69, 9.17) is 0 Å². The van der Waals surface area contributed by atoms with Crippen LogP contribution >= 0.6 is 0 Å². The summed E-state index contributed by atoms with van der Waals surface area (Å²) >= 11 is 0. The van der Waals surface area contributed by atoms with Gasteiger partial charge in [0.15, 0.2) is 0 Å². The molecule has 0 N–H and O–H groups in total. The summed E-state index contributed by atoms with van der Waals surface area (Å²) in [6, 6.07) is 14.2. The lowest BCUT2D eigenvalue weighted by Gasteiger charge is -2.39. The van der Waals surface area contributed by atoms with E-state index in [1.54, 1.807) is 57.2 Å². The van der Waals surface area contributed by atoms with Gasteiger partial charge in [-0.25, -0.2) is 5.01 Å². The Morgan fingerprint density at radius 1 is 1.00 bits per heavy atom. The predicted molar refractivity (Wildman–Crippen MR) is 105 cm³/mol. The first kappa shape index (κ1) is 20.2. The third-order valence-corrected chi connectivity index (χ3v) is 4.20. The van der Waals surface area contributed by atoms with Crippen LogP contribution in [0.1, 0.15) is 59.5 Å². The van der Waals surface area contributed by atoms with Crippen molar-refractivity contribution in [3.8, 4) is 6.19 Å². The highest BCUT2D eigenvalue weighted by Crippen LogP contribution is 2.22. The number of amides is 2. The number of hydrazine groups is 1. The van der Waals surface area contributed by atoms with Crippen molar-refractivity contribution in [1.29, 1.82) is 5.26 Å². The quantitative estimate of drug-likeness (QED) is 0.463. The van der Waals surface area contributed by atoms with Gasteiger partial charge in [-0.1, -0.05) is 36.8 Å². The standard InChI is InChI=1S/C22H25N3O2/c1-6-17-8-7-9-19(14-17)21(27)25(22(3,4)5)24(15-23)20(26)18-12-10-16(2)11-13-18/h7-14H,6H2,1-5H3. The average Bonchev–Trinajstić information content (AvgIpc) is 2.64. The molecule has 2 aromatic rings. The molecular formula is C22H25N3O2. The first-order valence-corrected chi connectivity index (χ1v) is 8.93. The maximum atomic E-state index is 13.2. The molecule has 0 unspecified atom stereocenters. The smallest absolute Gasteiger partial charge is 0.267 e. The van der Waals surface area contributed by atoms with Gasteiger partial charge in [-0.3, -0.25) is 9.59 Å². The molecule has 0 saturated heterocycles. The van der Waals surface area contributed by atoms with Crippen LogP contribution in [-0.4, -0.2) is 27.4 Å². The molecule has 0 radical (unpaired) electrons. The minimum Gasteiger partial charge on any atom is -0.267 e. The average molecular weight is 363 g/mol. The van der Waals surface area contributed by atoms with E-state index in [1.807, 2.05) is 32.2 Å². The zero-order chi connectivity index (χ0) is 20.2. The van der Waals surface area contributed by atoms with E-state index in [9.17, 15) is 14.9 Å². The van der Waals surface area contributed by atoms with Gasteiger partial charge in [0.1, 0.15) is 0 Å². The minimum atomic E-state index is -0.768. The van der Waals surface area contributed by atoms with Gasteiger partial charge in [0.2, 0.25) is 6.19 Å². The molecule has 5 nitrogen and oxygen atoms in total. The molecule has 0 aliphatic rings. The predicted octanol–water partition coefficient (Wildman–Crippen LogP) is 4.34. The van der Waals surface area contributed by atoms with E-state index in [-0.39, 0.29) is 5.91 Å². The largest absolute Gasteiger partial charge is 0.286 e. The van der Waals surface area contributed by atoms with Crippen molar-refractivity contribution in [3.05, 3.63) is 70.8 Å². The van der Waals surface area contributed by atoms with E-state index >= 15 is 0 Å². The molecule has 0 heterocycles. The molecule has 2 amide bonds. The molecule has 0 saturated carbocycles. The first-order valence-electron chi connectivity index (χ1n) is 8.93. The maximum absolute atomic E-state index is 13.2. The molecule has 2 rings (SSSR count). The van der Waals surface area contributed by atoms with Crippen LogP contribution in [0.15, 0.2) is 48.5 Å². The molecule has 0 spiro atoms. The van der Waals surface area contributed by atoms with Crippen molar-refractivity contribution in [2.24, 2.45) is 0 Å². The summed E-state index contributed by atoms with van der Waals surface area (Å²) in [7, 11) is 0. The van der Waals surface area contributed by atoms with Crippen LogP contribution in [0.2, 0.25) is 0 Å². The topological polar surface area (TPSA) is 64.4 Å². The van der Waals surface area contributed by atoms with Gasteiger partial charge in [0.05, 0.1) is 5.54 Å². The molecule has 0 fully saturated rings. The van der Waals surface area contributed by atoms with Gasteiger partial charge in [0.25, 0.3) is 11.8 Å². The number of rotatable bonds is 3. The Bertz CT molecular complexity index is 874. The van der Waals surface area contributed by atoms with E-state index in [1.165, 1.54) is 5.01 Å². The van der Waals surface area contributed by atoms with Crippen molar-refractivity contribution in [3.63, 3.8) is 0 Å². The lowest BCUT2D eigenvalue weighted by atomic mass is 10.0. The number of hydrogen-bond acceptors (Lipinski definition) is 3. The number of nitrogens with zero attached hydrogens (tertiary/aromatic N) is 3. The summed E-state index contributed by atoms with van der Waals surface area (Å²) in [6.45, 7) is 9.31. The molecule has 2 aromatic carbocycles. The van der Waals surface area contributed by atoms with Crippen molar-refractivity contribution < 1.29 is 9.59 Å². The summed E-state index contributed by atoms with van der Waals surface area (Å²) in [5.74, 6) is -0.924. The van der Waals surface area contributed by atoms with Crippen molar-refractivity contribution in [2.45, 2.75) is 46.6 Å². The summed E-state index contributed by atoms with van der Waals surface area (Å²) < 4.78 is 0. The highest BCUT2D eigenvalue weighted by Gasteiger charge is 2.36. The summed E-state index contributed by atoms with van der Waals surface area (Å²) in [5, 5.41) is 11.8. The van der Waals surface area contributed by atoms with Crippen LogP contribution in [0.5, 0.6) is 0 Å². The number of carbonyl (C=O) groups is 2.